The third kappa shape index (κ3) is 1.53. The van der Waals surface area contributed by atoms with Gasteiger partial charge in [0.15, 0.2) is 5.78 Å². The third-order valence-corrected chi connectivity index (χ3v) is 3.22. The maximum atomic E-state index is 11.5. The van der Waals surface area contributed by atoms with E-state index in [9.17, 15) is 14.9 Å². The first-order chi connectivity index (χ1) is 6.93. The van der Waals surface area contributed by atoms with Crippen molar-refractivity contribution < 1.29 is 19.2 Å². The van der Waals surface area contributed by atoms with E-state index >= 15 is 0 Å². The lowest BCUT2D eigenvalue weighted by molar-refractivity contribution is -0.574. The van der Waals surface area contributed by atoms with Gasteiger partial charge in [-0.25, -0.2) is 0 Å². The van der Waals surface area contributed by atoms with Crippen LogP contribution in [-0.4, -0.2) is 35.2 Å². The zero-order chi connectivity index (χ0) is 11.2. The Bertz CT molecular complexity index is 314. The minimum Gasteiger partial charge on any atom is -0.343 e. The van der Waals surface area contributed by atoms with E-state index in [1.54, 1.807) is 0 Å². The number of nitro groups is 1. The van der Waals surface area contributed by atoms with E-state index in [1.807, 2.05) is 0 Å². The molecule has 2 aliphatic heterocycles. The molecule has 0 amide bonds. The van der Waals surface area contributed by atoms with E-state index in [4.69, 9.17) is 9.47 Å². The largest absolute Gasteiger partial charge is 0.343 e. The van der Waals surface area contributed by atoms with Crippen LogP contribution in [0.15, 0.2) is 0 Å². The van der Waals surface area contributed by atoms with Crippen LogP contribution in [0.3, 0.4) is 0 Å². The predicted octanol–water partition coefficient (Wildman–Crippen LogP) is 0.372. The fourth-order valence-corrected chi connectivity index (χ4v) is 2.08. The summed E-state index contributed by atoms with van der Waals surface area (Å²) in [4.78, 5) is 22.0. The maximum absolute atomic E-state index is 11.5. The van der Waals surface area contributed by atoms with E-state index in [-0.39, 0.29) is 29.8 Å². The first-order valence-corrected chi connectivity index (χ1v) is 4.87. The van der Waals surface area contributed by atoms with E-state index in [0.717, 1.165) is 0 Å². The Morgan fingerprint density at radius 3 is 2.80 bits per heavy atom. The molecule has 84 valence electrons. The number of ketones is 1. The molecule has 0 N–H and O–H groups in total. The SMILES string of the molecule is CC(C)([C@H]1CC(=O)[C@H]2OC[C@@H]1O2)[N+](=O)[O-]. The van der Waals surface area contributed by atoms with Gasteiger partial charge in [-0.15, -0.1) is 0 Å². The molecule has 0 aromatic rings. The van der Waals surface area contributed by atoms with Gasteiger partial charge >= 0.3 is 0 Å². The lowest BCUT2D eigenvalue weighted by atomic mass is 9.79. The summed E-state index contributed by atoms with van der Waals surface area (Å²) >= 11 is 0. The molecule has 15 heavy (non-hydrogen) atoms. The molecule has 0 aromatic heterocycles. The molecule has 2 fully saturated rings. The minimum absolute atomic E-state index is 0.170. The van der Waals surface area contributed by atoms with Crippen molar-refractivity contribution in [2.24, 2.45) is 5.92 Å². The Labute approximate surface area is 86.7 Å². The topological polar surface area (TPSA) is 78.7 Å². The van der Waals surface area contributed by atoms with Crippen molar-refractivity contribution in [2.45, 2.75) is 38.2 Å². The summed E-state index contributed by atoms with van der Waals surface area (Å²) < 4.78 is 10.4. The van der Waals surface area contributed by atoms with Crippen molar-refractivity contribution in [3.63, 3.8) is 0 Å². The number of nitrogens with zero attached hydrogens (tertiary/aromatic N) is 1. The Morgan fingerprint density at radius 2 is 2.20 bits per heavy atom. The molecule has 0 aromatic carbocycles. The molecule has 0 aliphatic carbocycles. The number of hydrogen-bond acceptors (Lipinski definition) is 5. The fraction of sp³-hybridized carbons (Fsp3) is 0.889. The Morgan fingerprint density at radius 1 is 1.53 bits per heavy atom. The number of hydrogen-bond donors (Lipinski definition) is 0. The van der Waals surface area contributed by atoms with Crippen LogP contribution in [0.5, 0.6) is 0 Å². The second kappa shape index (κ2) is 3.24. The lowest BCUT2D eigenvalue weighted by Crippen LogP contribution is -2.50. The molecule has 0 radical (unpaired) electrons. The molecule has 6 heteroatoms. The van der Waals surface area contributed by atoms with E-state index in [2.05, 4.69) is 0 Å². The average molecular weight is 215 g/mol. The van der Waals surface area contributed by atoms with Crippen molar-refractivity contribution in [1.29, 1.82) is 0 Å². The summed E-state index contributed by atoms with van der Waals surface area (Å²) in [6.45, 7) is 3.32. The van der Waals surface area contributed by atoms with E-state index in [0.29, 0.717) is 0 Å². The number of Topliss-reactive ketones (excluding diaryl/α,β-unsaturated/α-hetero) is 1. The van der Waals surface area contributed by atoms with Gasteiger partial charge in [0.1, 0.15) is 0 Å². The molecule has 0 saturated carbocycles. The molecule has 3 atom stereocenters. The molecule has 0 unspecified atom stereocenters. The Balaban J connectivity index is 2.22. The highest BCUT2D eigenvalue weighted by atomic mass is 16.7. The van der Waals surface area contributed by atoms with Gasteiger partial charge in [-0.3, -0.25) is 14.9 Å². The van der Waals surface area contributed by atoms with Crippen LogP contribution in [0.1, 0.15) is 20.3 Å². The summed E-state index contributed by atoms with van der Waals surface area (Å²) in [6.07, 6.45) is -0.939. The van der Waals surface area contributed by atoms with Gasteiger partial charge in [-0.2, -0.15) is 0 Å². The van der Waals surface area contributed by atoms with Crippen LogP contribution in [0.25, 0.3) is 0 Å². The first kappa shape index (κ1) is 10.5. The summed E-state index contributed by atoms with van der Waals surface area (Å²) in [7, 11) is 0. The Kier molecular flexibility index (Phi) is 2.27. The van der Waals surface area contributed by atoms with Crippen LogP contribution in [0.2, 0.25) is 0 Å². The van der Waals surface area contributed by atoms with Crippen molar-refractivity contribution in [1.82, 2.24) is 0 Å². The second-order valence-corrected chi connectivity index (χ2v) is 4.53. The maximum Gasteiger partial charge on any atom is 0.222 e. The highest BCUT2D eigenvalue weighted by Crippen LogP contribution is 2.37. The van der Waals surface area contributed by atoms with Crippen molar-refractivity contribution in [3.8, 4) is 0 Å². The van der Waals surface area contributed by atoms with Crippen molar-refractivity contribution >= 4 is 5.78 Å². The van der Waals surface area contributed by atoms with Crippen molar-refractivity contribution in [2.75, 3.05) is 6.61 Å². The lowest BCUT2D eigenvalue weighted by Gasteiger charge is -2.32. The molecular formula is C9H13NO5. The quantitative estimate of drug-likeness (QED) is 0.491. The molecular weight excluding hydrogens is 202 g/mol. The van der Waals surface area contributed by atoms with Crippen LogP contribution in [0.4, 0.5) is 0 Å². The molecule has 2 aliphatic rings. The average Bonchev–Trinajstić information content (AvgIpc) is 2.56. The normalized spacial score (nSPS) is 35.6. The highest BCUT2D eigenvalue weighted by molar-refractivity contribution is 5.83. The summed E-state index contributed by atoms with van der Waals surface area (Å²) in [5, 5.41) is 10.9. The van der Waals surface area contributed by atoms with Gasteiger partial charge in [0.25, 0.3) is 0 Å². The molecule has 0 spiro atoms. The number of ether oxygens (including phenoxy) is 2. The Hall–Kier alpha value is -1.01. The number of rotatable bonds is 2. The van der Waals surface area contributed by atoms with Crippen LogP contribution in [-0.2, 0) is 14.3 Å². The van der Waals surface area contributed by atoms with E-state index in [1.165, 1.54) is 13.8 Å². The van der Waals surface area contributed by atoms with Gasteiger partial charge in [-0.05, 0) is 0 Å². The third-order valence-electron chi connectivity index (χ3n) is 3.22. The number of fused-ring (bicyclic) bond motifs is 2. The minimum atomic E-state index is -1.15. The summed E-state index contributed by atoms with van der Waals surface area (Å²) in [5.41, 5.74) is -1.15. The second-order valence-electron chi connectivity index (χ2n) is 4.53. The van der Waals surface area contributed by atoms with Gasteiger partial charge < -0.3 is 9.47 Å². The van der Waals surface area contributed by atoms with E-state index < -0.39 is 17.7 Å². The standard InChI is InChI=1S/C9H13NO5/c1-9(2,10(12)13)5-3-6(11)8-14-4-7(5)15-8/h5,7-8H,3-4H2,1-2H3/t5-,7-,8-/m0/s1. The van der Waals surface area contributed by atoms with Crippen LogP contribution in [0, 0.1) is 16.0 Å². The van der Waals surface area contributed by atoms with Gasteiger partial charge in [0.05, 0.1) is 18.6 Å². The first-order valence-electron chi connectivity index (χ1n) is 4.87. The zero-order valence-corrected chi connectivity index (χ0v) is 8.63. The zero-order valence-electron chi connectivity index (χ0n) is 8.63. The van der Waals surface area contributed by atoms with Crippen LogP contribution >= 0.6 is 0 Å². The smallest absolute Gasteiger partial charge is 0.222 e. The predicted molar refractivity (Wildman–Crippen MR) is 48.8 cm³/mol. The molecule has 2 rings (SSSR count). The number of carbonyl (C=O) groups excluding carboxylic acids is 1. The van der Waals surface area contributed by atoms with Crippen molar-refractivity contribution in [3.05, 3.63) is 10.1 Å². The molecule has 2 saturated heterocycles. The van der Waals surface area contributed by atoms with Gasteiger partial charge in [-0.1, -0.05) is 0 Å². The summed E-state index contributed by atoms with van der Waals surface area (Å²) in [5.74, 6) is -0.595. The monoisotopic (exact) mass is 215 g/mol. The fourth-order valence-electron chi connectivity index (χ4n) is 2.08. The number of carbonyl (C=O) groups is 1. The van der Waals surface area contributed by atoms with Gasteiger partial charge in [0.2, 0.25) is 11.8 Å². The van der Waals surface area contributed by atoms with Gasteiger partial charge in [0, 0.05) is 25.2 Å². The molecule has 2 bridgehead atoms. The molecule has 2 heterocycles. The highest BCUT2D eigenvalue weighted by Gasteiger charge is 2.54. The van der Waals surface area contributed by atoms with Crippen LogP contribution < -0.4 is 0 Å². The summed E-state index contributed by atoms with van der Waals surface area (Å²) in [6, 6.07) is 0. The molecule has 6 nitrogen and oxygen atoms in total.